The lowest BCUT2D eigenvalue weighted by Crippen LogP contribution is -2.38. The number of aryl methyl sites for hydroxylation is 2. The van der Waals surface area contributed by atoms with Gasteiger partial charge in [-0.05, 0) is 44.9 Å². The molecule has 0 spiro atoms. The van der Waals surface area contributed by atoms with Crippen LogP contribution in [0.25, 0.3) is 0 Å². The van der Waals surface area contributed by atoms with Crippen LogP contribution in [0.5, 0.6) is 0 Å². The molecule has 7 nitrogen and oxygen atoms in total. The first kappa shape index (κ1) is 16.2. The zero-order chi connectivity index (χ0) is 17.3. The van der Waals surface area contributed by atoms with Gasteiger partial charge in [0.05, 0.1) is 23.8 Å². The van der Waals surface area contributed by atoms with Crippen LogP contribution in [0.4, 0.5) is 0 Å². The van der Waals surface area contributed by atoms with Crippen molar-refractivity contribution in [2.24, 2.45) is 5.73 Å². The average Bonchev–Trinajstić information content (AvgIpc) is 3.13. The van der Waals surface area contributed by atoms with Gasteiger partial charge in [-0.1, -0.05) is 0 Å². The maximum absolute atomic E-state index is 12.7. The molecule has 1 aliphatic heterocycles. The molecule has 126 valence electrons. The smallest absolute Gasteiger partial charge is 0.272 e. The van der Waals surface area contributed by atoms with Gasteiger partial charge in [-0.15, -0.1) is 0 Å². The molecule has 3 heterocycles. The summed E-state index contributed by atoms with van der Waals surface area (Å²) in [7, 11) is 0. The molecular formula is C17H21N5O2. The molecule has 0 aromatic carbocycles. The molecule has 24 heavy (non-hydrogen) atoms. The summed E-state index contributed by atoms with van der Waals surface area (Å²) in [5.41, 5.74) is 7.91. The Labute approximate surface area is 140 Å². The van der Waals surface area contributed by atoms with Crippen LogP contribution in [0.15, 0.2) is 24.4 Å². The fourth-order valence-electron chi connectivity index (χ4n) is 3.17. The van der Waals surface area contributed by atoms with Crippen molar-refractivity contribution < 1.29 is 9.59 Å². The predicted octanol–water partition coefficient (Wildman–Crippen LogP) is 1.30. The Morgan fingerprint density at radius 1 is 1.33 bits per heavy atom. The lowest BCUT2D eigenvalue weighted by Gasteiger charge is -2.25. The molecule has 2 N–H and O–H groups in total. The number of hydrogen-bond acceptors (Lipinski definition) is 4. The van der Waals surface area contributed by atoms with Crippen LogP contribution >= 0.6 is 0 Å². The first-order valence-electron chi connectivity index (χ1n) is 8.03. The second kappa shape index (κ2) is 6.43. The van der Waals surface area contributed by atoms with Gasteiger partial charge in [0.1, 0.15) is 5.69 Å². The van der Waals surface area contributed by atoms with E-state index in [-0.39, 0.29) is 11.9 Å². The summed E-state index contributed by atoms with van der Waals surface area (Å²) in [5, 5.41) is 4.48. The lowest BCUT2D eigenvalue weighted by molar-refractivity contribution is 0.0714. The number of primary amides is 1. The topological polar surface area (TPSA) is 94.1 Å². The number of hydrogen-bond donors (Lipinski definition) is 1. The molecular weight excluding hydrogens is 306 g/mol. The number of amides is 2. The van der Waals surface area contributed by atoms with Gasteiger partial charge in [-0.3, -0.25) is 19.3 Å². The number of likely N-dealkylation sites (tertiary alicyclic amines) is 1. The fraction of sp³-hybridized carbons (Fsp3) is 0.412. The van der Waals surface area contributed by atoms with Gasteiger partial charge < -0.3 is 10.6 Å². The predicted molar refractivity (Wildman–Crippen MR) is 88.5 cm³/mol. The van der Waals surface area contributed by atoms with Crippen LogP contribution in [0.1, 0.15) is 45.1 Å². The summed E-state index contributed by atoms with van der Waals surface area (Å²) in [6.45, 7) is 5.38. The van der Waals surface area contributed by atoms with Crippen LogP contribution in [-0.2, 0) is 6.54 Å². The Balaban J connectivity index is 1.75. The highest BCUT2D eigenvalue weighted by Crippen LogP contribution is 2.21. The Morgan fingerprint density at radius 2 is 2.12 bits per heavy atom. The van der Waals surface area contributed by atoms with Crippen molar-refractivity contribution in [3.05, 3.63) is 47.0 Å². The monoisotopic (exact) mass is 327 g/mol. The number of nitrogens with two attached hydrogens (primary N) is 1. The molecule has 1 fully saturated rings. The summed E-state index contributed by atoms with van der Waals surface area (Å²) < 4.78 is 1.95. The summed E-state index contributed by atoms with van der Waals surface area (Å²) in [6.07, 6.45) is 3.26. The van der Waals surface area contributed by atoms with E-state index in [0.29, 0.717) is 24.3 Å². The summed E-state index contributed by atoms with van der Waals surface area (Å²) >= 11 is 0. The first-order valence-corrected chi connectivity index (χ1v) is 8.03. The molecule has 2 aromatic heterocycles. The largest absolute Gasteiger partial charge is 0.366 e. The van der Waals surface area contributed by atoms with E-state index in [1.54, 1.807) is 6.07 Å². The van der Waals surface area contributed by atoms with Gasteiger partial charge in [-0.2, -0.15) is 5.10 Å². The molecule has 1 atom stereocenters. The van der Waals surface area contributed by atoms with Crippen molar-refractivity contribution in [3.63, 3.8) is 0 Å². The SMILES string of the molecule is Cc1cc(C)n(C[C@H]2CCCN2C(=O)c2ccc(C(N)=O)cn2)n1. The number of rotatable bonds is 4. The number of nitrogens with zero attached hydrogens (tertiary/aromatic N) is 4. The van der Waals surface area contributed by atoms with Gasteiger partial charge in [0.25, 0.3) is 5.91 Å². The van der Waals surface area contributed by atoms with E-state index in [1.807, 2.05) is 29.5 Å². The van der Waals surface area contributed by atoms with Crippen LogP contribution in [-0.4, -0.2) is 44.1 Å². The molecule has 0 aliphatic carbocycles. The highest BCUT2D eigenvalue weighted by atomic mass is 16.2. The van der Waals surface area contributed by atoms with Gasteiger partial charge >= 0.3 is 0 Å². The number of aromatic nitrogens is 3. The van der Waals surface area contributed by atoms with E-state index in [2.05, 4.69) is 10.1 Å². The van der Waals surface area contributed by atoms with Gasteiger partial charge in [0, 0.05) is 18.4 Å². The van der Waals surface area contributed by atoms with E-state index >= 15 is 0 Å². The average molecular weight is 327 g/mol. The minimum Gasteiger partial charge on any atom is -0.366 e. The highest BCUT2D eigenvalue weighted by molar-refractivity contribution is 5.95. The minimum absolute atomic E-state index is 0.105. The Kier molecular flexibility index (Phi) is 4.33. The standard InChI is InChI=1S/C17H21N5O2/c1-11-8-12(2)22(20-11)10-14-4-3-7-21(14)17(24)15-6-5-13(9-19-15)16(18)23/h5-6,8-9,14H,3-4,7,10H2,1-2H3,(H2,18,23)/t14-/m1/s1. The number of pyridine rings is 1. The molecule has 0 bridgehead atoms. The molecule has 7 heteroatoms. The van der Waals surface area contributed by atoms with E-state index in [1.165, 1.54) is 12.3 Å². The third-order valence-electron chi connectivity index (χ3n) is 4.39. The van der Waals surface area contributed by atoms with Crippen molar-refractivity contribution in [1.82, 2.24) is 19.7 Å². The lowest BCUT2D eigenvalue weighted by atomic mass is 10.2. The molecule has 3 rings (SSSR count). The van der Waals surface area contributed by atoms with Gasteiger partial charge in [-0.25, -0.2) is 0 Å². The molecule has 0 saturated carbocycles. The second-order valence-corrected chi connectivity index (χ2v) is 6.20. The van der Waals surface area contributed by atoms with Crippen molar-refractivity contribution in [2.45, 2.75) is 39.3 Å². The molecule has 1 saturated heterocycles. The van der Waals surface area contributed by atoms with Crippen molar-refractivity contribution in [2.75, 3.05) is 6.54 Å². The quantitative estimate of drug-likeness (QED) is 0.916. The van der Waals surface area contributed by atoms with Crippen LogP contribution < -0.4 is 5.73 Å². The van der Waals surface area contributed by atoms with Crippen molar-refractivity contribution in [1.29, 1.82) is 0 Å². The Morgan fingerprint density at radius 3 is 2.71 bits per heavy atom. The molecule has 2 aromatic rings. The number of carbonyl (C=O) groups is 2. The third kappa shape index (κ3) is 3.15. The van der Waals surface area contributed by atoms with E-state index < -0.39 is 5.91 Å². The maximum Gasteiger partial charge on any atom is 0.272 e. The van der Waals surface area contributed by atoms with Crippen molar-refractivity contribution in [3.8, 4) is 0 Å². The van der Waals surface area contributed by atoms with Gasteiger partial charge in [0.15, 0.2) is 0 Å². The number of carbonyl (C=O) groups excluding carboxylic acids is 2. The van der Waals surface area contributed by atoms with E-state index in [4.69, 9.17) is 5.73 Å². The zero-order valence-corrected chi connectivity index (χ0v) is 13.9. The molecule has 0 radical (unpaired) electrons. The zero-order valence-electron chi connectivity index (χ0n) is 13.9. The van der Waals surface area contributed by atoms with E-state index in [9.17, 15) is 9.59 Å². The Hall–Kier alpha value is -2.70. The maximum atomic E-state index is 12.7. The molecule has 1 aliphatic rings. The second-order valence-electron chi connectivity index (χ2n) is 6.20. The molecule has 2 amide bonds. The fourth-order valence-corrected chi connectivity index (χ4v) is 3.17. The summed E-state index contributed by atoms with van der Waals surface area (Å²) in [6, 6.07) is 5.23. The molecule has 0 unspecified atom stereocenters. The van der Waals surface area contributed by atoms with Gasteiger partial charge in [0.2, 0.25) is 5.91 Å². The first-order chi connectivity index (χ1) is 11.5. The van der Waals surface area contributed by atoms with Crippen molar-refractivity contribution >= 4 is 11.8 Å². The van der Waals surface area contributed by atoms with Crippen LogP contribution in [0.2, 0.25) is 0 Å². The summed E-state index contributed by atoms with van der Waals surface area (Å²) in [4.78, 5) is 29.8. The normalized spacial score (nSPS) is 17.2. The Bertz CT molecular complexity index is 766. The van der Waals surface area contributed by atoms with E-state index in [0.717, 1.165) is 24.2 Å². The third-order valence-corrected chi connectivity index (χ3v) is 4.39. The summed E-state index contributed by atoms with van der Waals surface area (Å²) in [5.74, 6) is -0.667. The minimum atomic E-state index is -0.551. The van der Waals surface area contributed by atoms with Crippen LogP contribution in [0.3, 0.4) is 0 Å². The van der Waals surface area contributed by atoms with Crippen LogP contribution in [0, 0.1) is 13.8 Å². The highest BCUT2D eigenvalue weighted by Gasteiger charge is 2.30.